The second-order valence-electron chi connectivity index (χ2n) is 3.92. The molecule has 0 aromatic heterocycles. The van der Waals surface area contributed by atoms with Crippen molar-refractivity contribution < 1.29 is 9.53 Å². The standard InChI is InChI=1S/C10H14O2/c1-6-3-4-8-7(2)10(11)12-9(8)5-6/h6,9H,3-5H2,1-2H3/t6-,9+/m0/s1. The van der Waals surface area contributed by atoms with E-state index < -0.39 is 0 Å². The molecule has 1 heterocycles. The van der Waals surface area contributed by atoms with E-state index in [2.05, 4.69) is 6.92 Å². The number of hydrogen-bond donors (Lipinski definition) is 0. The van der Waals surface area contributed by atoms with Gasteiger partial charge >= 0.3 is 5.97 Å². The van der Waals surface area contributed by atoms with E-state index >= 15 is 0 Å². The van der Waals surface area contributed by atoms with Gasteiger partial charge in [-0.3, -0.25) is 0 Å². The summed E-state index contributed by atoms with van der Waals surface area (Å²) in [5, 5.41) is 0. The largest absolute Gasteiger partial charge is 0.454 e. The summed E-state index contributed by atoms with van der Waals surface area (Å²) in [6.45, 7) is 4.10. The maximum Gasteiger partial charge on any atom is 0.334 e. The van der Waals surface area contributed by atoms with Crippen LogP contribution in [0.1, 0.15) is 33.1 Å². The molecule has 1 aliphatic heterocycles. The summed E-state index contributed by atoms with van der Waals surface area (Å²) in [6.07, 6.45) is 3.42. The minimum Gasteiger partial charge on any atom is -0.454 e. The van der Waals surface area contributed by atoms with Gasteiger partial charge in [-0.1, -0.05) is 6.92 Å². The first-order valence-electron chi connectivity index (χ1n) is 4.59. The van der Waals surface area contributed by atoms with Gasteiger partial charge in [-0.25, -0.2) is 4.79 Å². The van der Waals surface area contributed by atoms with Gasteiger partial charge in [0.25, 0.3) is 0 Å². The van der Waals surface area contributed by atoms with Gasteiger partial charge in [0.1, 0.15) is 6.10 Å². The Hall–Kier alpha value is -0.790. The number of esters is 1. The fourth-order valence-electron chi connectivity index (χ4n) is 2.09. The van der Waals surface area contributed by atoms with Crippen molar-refractivity contribution in [3.63, 3.8) is 0 Å². The van der Waals surface area contributed by atoms with Crippen LogP contribution in [-0.2, 0) is 9.53 Å². The first-order valence-corrected chi connectivity index (χ1v) is 4.59. The van der Waals surface area contributed by atoms with E-state index in [0.29, 0.717) is 5.92 Å². The zero-order chi connectivity index (χ0) is 8.72. The number of rotatable bonds is 0. The molecule has 2 nitrogen and oxygen atoms in total. The van der Waals surface area contributed by atoms with Gasteiger partial charge < -0.3 is 4.74 Å². The predicted molar refractivity (Wildman–Crippen MR) is 45.6 cm³/mol. The third kappa shape index (κ3) is 1.06. The summed E-state index contributed by atoms with van der Waals surface area (Å²) in [7, 11) is 0. The molecule has 2 atom stereocenters. The van der Waals surface area contributed by atoms with Gasteiger partial charge in [0.15, 0.2) is 0 Å². The number of carbonyl (C=O) groups is 1. The summed E-state index contributed by atoms with van der Waals surface area (Å²) in [6, 6.07) is 0. The van der Waals surface area contributed by atoms with Gasteiger partial charge in [-0.05, 0) is 37.7 Å². The molecule has 2 heteroatoms. The zero-order valence-electron chi connectivity index (χ0n) is 7.59. The summed E-state index contributed by atoms with van der Waals surface area (Å²) < 4.78 is 5.23. The predicted octanol–water partition coefficient (Wildman–Crippen LogP) is 2.05. The number of carbonyl (C=O) groups excluding carboxylic acids is 1. The molecule has 0 aromatic carbocycles. The molecule has 0 saturated heterocycles. The fourth-order valence-corrected chi connectivity index (χ4v) is 2.09. The third-order valence-electron chi connectivity index (χ3n) is 2.95. The van der Waals surface area contributed by atoms with Gasteiger partial charge in [0.2, 0.25) is 0 Å². The van der Waals surface area contributed by atoms with Crippen LogP contribution in [0.5, 0.6) is 0 Å². The Morgan fingerprint density at radius 3 is 3.00 bits per heavy atom. The number of ether oxygens (including phenoxy) is 1. The number of fused-ring (bicyclic) bond motifs is 1. The van der Waals surface area contributed by atoms with E-state index in [1.807, 2.05) is 6.92 Å². The van der Waals surface area contributed by atoms with Gasteiger partial charge in [0.05, 0.1) is 0 Å². The van der Waals surface area contributed by atoms with Crippen LogP contribution in [0.4, 0.5) is 0 Å². The second kappa shape index (κ2) is 2.61. The summed E-state index contributed by atoms with van der Waals surface area (Å²) in [5.41, 5.74) is 2.13. The molecule has 0 spiro atoms. The van der Waals surface area contributed by atoms with Crippen LogP contribution < -0.4 is 0 Å². The molecule has 0 N–H and O–H groups in total. The molecule has 0 unspecified atom stereocenters. The van der Waals surface area contributed by atoms with Crippen LogP contribution in [0.2, 0.25) is 0 Å². The van der Waals surface area contributed by atoms with E-state index in [9.17, 15) is 4.79 Å². The van der Waals surface area contributed by atoms with Gasteiger partial charge in [-0.2, -0.15) is 0 Å². The average molecular weight is 166 g/mol. The van der Waals surface area contributed by atoms with E-state index in [-0.39, 0.29) is 12.1 Å². The average Bonchev–Trinajstić information content (AvgIpc) is 2.28. The molecule has 0 amide bonds. The lowest BCUT2D eigenvalue weighted by Crippen LogP contribution is -2.20. The van der Waals surface area contributed by atoms with Crippen molar-refractivity contribution in [2.24, 2.45) is 5.92 Å². The number of hydrogen-bond acceptors (Lipinski definition) is 2. The van der Waals surface area contributed by atoms with Crippen LogP contribution in [-0.4, -0.2) is 12.1 Å². The van der Waals surface area contributed by atoms with Crippen molar-refractivity contribution in [2.75, 3.05) is 0 Å². The Balaban J connectivity index is 2.23. The third-order valence-corrected chi connectivity index (χ3v) is 2.95. The highest BCUT2D eigenvalue weighted by molar-refractivity contribution is 5.91. The van der Waals surface area contributed by atoms with E-state index in [1.54, 1.807) is 0 Å². The summed E-state index contributed by atoms with van der Waals surface area (Å²) >= 11 is 0. The first-order chi connectivity index (χ1) is 5.68. The minimum atomic E-state index is -0.0934. The molecule has 1 fully saturated rings. The SMILES string of the molecule is CC1=C2CC[C@H](C)C[C@H]2OC1=O. The highest BCUT2D eigenvalue weighted by Crippen LogP contribution is 2.36. The van der Waals surface area contributed by atoms with Crippen LogP contribution in [0.25, 0.3) is 0 Å². The van der Waals surface area contributed by atoms with Crippen LogP contribution in [0.3, 0.4) is 0 Å². The maximum atomic E-state index is 11.2. The lowest BCUT2D eigenvalue weighted by atomic mass is 9.84. The van der Waals surface area contributed by atoms with E-state index in [0.717, 1.165) is 18.4 Å². The monoisotopic (exact) mass is 166 g/mol. The van der Waals surface area contributed by atoms with E-state index in [4.69, 9.17) is 4.74 Å². The topological polar surface area (TPSA) is 26.3 Å². The molecular formula is C10H14O2. The second-order valence-corrected chi connectivity index (χ2v) is 3.92. The summed E-state index contributed by atoms with van der Waals surface area (Å²) in [5.74, 6) is 0.613. The Labute approximate surface area is 72.6 Å². The molecule has 0 radical (unpaired) electrons. The quantitative estimate of drug-likeness (QED) is 0.515. The molecular weight excluding hydrogens is 152 g/mol. The lowest BCUT2D eigenvalue weighted by Gasteiger charge is -2.24. The first kappa shape index (κ1) is 7.84. The van der Waals surface area contributed by atoms with E-state index in [1.165, 1.54) is 12.0 Å². The fraction of sp³-hybridized carbons (Fsp3) is 0.700. The Morgan fingerprint density at radius 2 is 2.25 bits per heavy atom. The maximum absolute atomic E-state index is 11.2. The Bertz CT molecular complexity index is 253. The van der Waals surface area contributed by atoms with Crippen molar-refractivity contribution in [1.29, 1.82) is 0 Å². The van der Waals surface area contributed by atoms with Crippen LogP contribution >= 0.6 is 0 Å². The molecule has 12 heavy (non-hydrogen) atoms. The van der Waals surface area contributed by atoms with Crippen molar-refractivity contribution in [2.45, 2.75) is 39.2 Å². The minimum absolute atomic E-state index is 0.0934. The molecule has 66 valence electrons. The highest BCUT2D eigenvalue weighted by Gasteiger charge is 2.34. The van der Waals surface area contributed by atoms with Gasteiger partial charge in [0, 0.05) is 5.57 Å². The molecule has 0 aromatic rings. The molecule has 2 aliphatic rings. The van der Waals surface area contributed by atoms with Crippen molar-refractivity contribution >= 4 is 5.97 Å². The van der Waals surface area contributed by atoms with Crippen LogP contribution in [0.15, 0.2) is 11.1 Å². The smallest absolute Gasteiger partial charge is 0.334 e. The van der Waals surface area contributed by atoms with Crippen LogP contribution in [0, 0.1) is 5.92 Å². The Kier molecular flexibility index (Phi) is 1.71. The van der Waals surface area contributed by atoms with Crippen molar-refractivity contribution in [3.05, 3.63) is 11.1 Å². The Morgan fingerprint density at radius 1 is 1.50 bits per heavy atom. The molecule has 1 aliphatic carbocycles. The molecule has 0 bridgehead atoms. The summed E-state index contributed by atoms with van der Waals surface area (Å²) in [4.78, 5) is 11.2. The normalized spacial score (nSPS) is 35.0. The highest BCUT2D eigenvalue weighted by atomic mass is 16.5. The van der Waals surface area contributed by atoms with Crippen molar-refractivity contribution in [3.8, 4) is 0 Å². The lowest BCUT2D eigenvalue weighted by molar-refractivity contribution is -0.140. The molecule has 1 saturated carbocycles. The zero-order valence-corrected chi connectivity index (χ0v) is 7.59. The van der Waals surface area contributed by atoms with Gasteiger partial charge in [-0.15, -0.1) is 0 Å². The van der Waals surface area contributed by atoms with Crippen molar-refractivity contribution in [1.82, 2.24) is 0 Å². The molecule has 2 rings (SSSR count).